The summed E-state index contributed by atoms with van der Waals surface area (Å²) in [5.74, 6) is 0.960. The zero-order chi connectivity index (χ0) is 17.4. The van der Waals surface area contributed by atoms with Crippen molar-refractivity contribution in [2.45, 2.75) is 38.5 Å². The van der Waals surface area contributed by atoms with Crippen LogP contribution < -0.4 is 10.1 Å². The van der Waals surface area contributed by atoms with Crippen molar-refractivity contribution in [3.63, 3.8) is 0 Å². The Bertz CT molecular complexity index is 894. The minimum atomic E-state index is -0.126. The maximum absolute atomic E-state index is 11.3. The molecule has 0 radical (unpaired) electrons. The average Bonchev–Trinajstić information content (AvgIpc) is 3.19. The van der Waals surface area contributed by atoms with Gasteiger partial charge in [0.25, 0.3) is 0 Å². The Morgan fingerprint density at radius 3 is 3.08 bits per heavy atom. The zero-order valence-electron chi connectivity index (χ0n) is 14.7. The lowest BCUT2D eigenvalue weighted by Gasteiger charge is -2.25. The number of ether oxygens (including phenoxy) is 1. The van der Waals surface area contributed by atoms with Crippen LogP contribution in [-0.2, 0) is 23.1 Å². The molecular weight excluding hydrogens is 314 g/mol. The van der Waals surface area contributed by atoms with Crippen molar-refractivity contribution in [2.24, 2.45) is 0 Å². The van der Waals surface area contributed by atoms with E-state index in [-0.39, 0.29) is 11.3 Å². The smallest absolute Gasteiger partial charge is 0.216 e. The first-order valence-electron chi connectivity index (χ1n) is 8.84. The Kier molecular flexibility index (Phi) is 3.86. The number of allylic oxidation sites excluding steroid dienone is 4. The van der Waals surface area contributed by atoms with E-state index in [4.69, 9.17) is 9.84 Å². The third-order valence-corrected chi connectivity index (χ3v) is 5.11. The van der Waals surface area contributed by atoms with Crippen LogP contribution in [0.3, 0.4) is 0 Å². The lowest BCUT2D eigenvalue weighted by atomic mass is 9.78. The first-order chi connectivity index (χ1) is 12.1. The van der Waals surface area contributed by atoms with E-state index in [1.165, 1.54) is 11.1 Å². The molecule has 5 nitrogen and oxygen atoms in total. The first-order valence-corrected chi connectivity index (χ1v) is 8.84. The first kappa shape index (κ1) is 15.9. The molecule has 0 spiro atoms. The molecule has 25 heavy (non-hydrogen) atoms. The molecule has 1 unspecified atom stereocenters. The number of hydrogen-bond acceptors (Lipinski definition) is 3. The van der Waals surface area contributed by atoms with Crippen molar-refractivity contribution in [2.75, 3.05) is 13.2 Å². The van der Waals surface area contributed by atoms with Gasteiger partial charge in [0, 0.05) is 42.6 Å². The number of amides is 1. The van der Waals surface area contributed by atoms with E-state index in [0.717, 1.165) is 42.8 Å². The average molecular weight is 337 g/mol. The number of nitrogens with zero attached hydrogens (tertiary/aromatic N) is 2. The number of rotatable bonds is 4. The summed E-state index contributed by atoms with van der Waals surface area (Å²) in [7, 11) is 0. The summed E-state index contributed by atoms with van der Waals surface area (Å²) in [6.07, 6.45) is 13.2. The van der Waals surface area contributed by atoms with Crippen molar-refractivity contribution >= 4 is 11.4 Å². The Morgan fingerprint density at radius 2 is 2.32 bits per heavy atom. The maximum atomic E-state index is 11.3. The molecule has 0 saturated heterocycles. The number of pyridine rings is 1. The van der Waals surface area contributed by atoms with Gasteiger partial charge in [-0.3, -0.25) is 4.79 Å². The van der Waals surface area contributed by atoms with Crippen LogP contribution >= 0.6 is 0 Å². The molecule has 1 N–H and O–H groups in total. The van der Waals surface area contributed by atoms with Crippen molar-refractivity contribution in [1.82, 2.24) is 14.9 Å². The van der Waals surface area contributed by atoms with Crippen LogP contribution in [0.25, 0.3) is 5.52 Å². The third kappa shape index (κ3) is 2.73. The maximum Gasteiger partial charge on any atom is 0.216 e. The minimum Gasteiger partial charge on any atom is -0.493 e. The van der Waals surface area contributed by atoms with Gasteiger partial charge in [-0.05, 0) is 18.9 Å². The van der Waals surface area contributed by atoms with Gasteiger partial charge in [0.1, 0.15) is 5.75 Å². The van der Waals surface area contributed by atoms with Crippen LogP contribution in [0.2, 0.25) is 0 Å². The number of fused-ring (bicyclic) bond motifs is 3. The SMILES string of the molecule is CC(=O)NCCc1c(C2(C)C=CC=CC2)nn2ccc3c(c12)CCO3. The van der Waals surface area contributed by atoms with Gasteiger partial charge in [-0.2, -0.15) is 5.10 Å². The topological polar surface area (TPSA) is 55.6 Å². The van der Waals surface area contributed by atoms with E-state index in [9.17, 15) is 4.79 Å². The molecule has 2 aromatic heterocycles. The van der Waals surface area contributed by atoms with Gasteiger partial charge in [-0.15, -0.1) is 0 Å². The number of carbonyl (C=O) groups excluding carboxylic acids is 1. The van der Waals surface area contributed by atoms with Gasteiger partial charge in [0.15, 0.2) is 0 Å². The molecule has 5 heteroatoms. The predicted molar refractivity (Wildman–Crippen MR) is 97.0 cm³/mol. The van der Waals surface area contributed by atoms with Gasteiger partial charge in [0.05, 0.1) is 17.8 Å². The van der Waals surface area contributed by atoms with Gasteiger partial charge < -0.3 is 10.1 Å². The quantitative estimate of drug-likeness (QED) is 0.933. The van der Waals surface area contributed by atoms with Crippen molar-refractivity contribution in [1.29, 1.82) is 0 Å². The molecule has 3 heterocycles. The summed E-state index contributed by atoms with van der Waals surface area (Å²) in [5.41, 5.74) is 4.58. The molecule has 1 amide bonds. The Balaban J connectivity index is 1.85. The third-order valence-electron chi connectivity index (χ3n) is 5.11. The Morgan fingerprint density at radius 1 is 1.44 bits per heavy atom. The Labute approximate surface area is 147 Å². The summed E-state index contributed by atoms with van der Waals surface area (Å²) in [4.78, 5) is 11.3. The number of nitrogens with one attached hydrogen (secondary N) is 1. The molecule has 1 atom stereocenters. The summed E-state index contributed by atoms with van der Waals surface area (Å²) < 4.78 is 7.74. The highest BCUT2D eigenvalue weighted by molar-refractivity contribution is 5.73. The van der Waals surface area contributed by atoms with Gasteiger partial charge in [-0.1, -0.05) is 31.2 Å². The van der Waals surface area contributed by atoms with Gasteiger partial charge in [-0.25, -0.2) is 4.52 Å². The highest BCUT2D eigenvalue weighted by Crippen LogP contribution is 2.38. The fraction of sp³-hybridized carbons (Fsp3) is 0.400. The molecule has 0 bridgehead atoms. The molecular formula is C20H23N3O2. The second kappa shape index (κ2) is 6.06. The van der Waals surface area contributed by atoms with Crippen LogP contribution in [0, 0.1) is 0 Å². The number of carbonyl (C=O) groups is 1. The van der Waals surface area contributed by atoms with Crippen LogP contribution in [0.4, 0.5) is 0 Å². The second-order valence-corrected chi connectivity index (χ2v) is 7.02. The molecule has 1 aliphatic carbocycles. The monoisotopic (exact) mass is 337 g/mol. The minimum absolute atomic E-state index is 0.00158. The highest BCUT2D eigenvalue weighted by atomic mass is 16.5. The van der Waals surface area contributed by atoms with Crippen molar-refractivity contribution < 1.29 is 9.53 Å². The second-order valence-electron chi connectivity index (χ2n) is 7.02. The van der Waals surface area contributed by atoms with Crippen LogP contribution in [0.1, 0.15) is 37.1 Å². The van der Waals surface area contributed by atoms with E-state index < -0.39 is 0 Å². The standard InChI is InChI=1S/C20H23N3O2/c1-14(24)21-11-6-16-18-15-8-13-25-17(15)7-12-23(18)22-19(16)20(2)9-4-3-5-10-20/h3-5,7,9,12H,6,8,10-11,13H2,1-2H3,(H,21,24). The van der Waals surface area contributed by atoms with E-state index in [0.29, 0.717) is 6.54 Å². The van der Waals surface area contributed by atoms with E-state index in [2.05, 4.69) is 36.5 Å². The fourth-order valence-electron chi connectivity index (χ4n) is 3.85. The van der Waals surface area contributed by atoms with E-state index in [1.807, 2.05) is 16.8 Å². The molecule has 2 aliphatic rings. The summed E-state index contributed by atoms with van der Waals surface area (Å²) in [5, 5.41) is 7.87. The molecule has 0 fully saturated rings. The van der Waals surface area contributed by atoms with Crippen molar-refractivity contribution in [3.8, 4) is 5.75 Å². The van der Waals surface area contributed by atoms with E-state index in [1.54, 1.807) is 6.92 Å². The largest absolute Gasteiger partial charge is 0.493 e. The normalized spacial score (nSPS) is 21.4. The van der Waals surface area contributed by atoms with Crippen LogP contribution in [0.5, 0.6) is 5.75 Å². The van der Waals surface area contributed by atoms with Crippen LogP contribution in [0.15, 0.2) is 36.6 Å². The summed E-state index contributed by atoms with van der Waals surface area (Å²) in [6, 6.07) is 2.00. The summed E-state index contributed by atoms with van der Waals surface area (Å²) in [6.45, 7) is 5.12. The molecule has 2 aromatic rings. The van der Waals surface area contributed by atoms with Crippen molar-refractivity contribution in [3.05, 3.63) is 53.4 Å². The highest BCUT2D eigenvalue weighted by Gasteiger charge is 2.32. The molecule has 0 saturated carbocycles. The van der Waals surface area contributed by atoms with Gasteiger partial charge >= 0.3 is 0 Å². The molecule has 0 aromatic carbocycles. The lowest BCUT2D eigenvalue weighted by Crippen LogP contribution is -2.25. The lowest BCUT2D eigenvalue weighted by molar-refractivity contribution is -0.118. The van der Waals surface area contributed by atoms with Crippen LogP contribution in [-0.4, -0.2) is 28.7 Å². The molecule has 4 rings (SSSR count). The number of hydrogen-bond donors (Lipinski definition) is 1. The molecule has 130 valence electrons. The van der Waals surface area contributed by atoms with E-state index >= 15 is 0 Å². The zero-order valence-corrected chi connectivity index (χ0v) is 14.7. The summed E-state index contributed by atoms with van der Waals surface area (Å²) >= 11 is 0. The number of aromatic nitrogens is 2. The molecule has 1 aliphatic heterocycles. The Hall–Kier alpha value is -2.56. The van der Waals surface area contributed by atoms with Gasteiger partial charge in [0.2, 0.25) is 5.91 Å². The predicted octanol–water partition coefficient (Wildman–Crippen LogP) is 2.72. The fourth-order valence-corrected chi connectivity index (χ4v) is 3.85.